The molecule has 1 saturated carbocycles. The SMILES string of the molecule is CC/C(=C/N)N(N)CC1CC(NC(=O)c2cc(-c3ccccc3)no2)C1. The minimum Gasteiger partial charge on any atom is -0.403 e. The monoisotopic (exact) mass is 355 g/mol. The van der Waals surface area contributed by atoms with E-state index in [0.717, 1.165) is 37.1 Å². The highest BCUT2D eigenvalue weighted by molar-refractivity contribution is 5.92. The van der Waals surface area contributed by atoms with Gasteiger partial charge in [0.15, 0.2) is 0 Å². The molecule has 1 heterocycles. The Morgan fingerprint density at radius 1 is 1.38 bits per heavy atom. The third-order valence-corrected chi connectivity index (χ3v) is 4.75. The van der Waals surface area contributed by atoms with Gasteiger partial charge in [0.25, 0.3) is 5.91 Å². The second kappa shape index (κ2) is 8.05. The molecule has 3 rings (SSSR count). The van der Waals surface area contributed by atoms with Crippen molar-refractivity contribution in [3.05, 3.63) is 54.1 Å². The molecule has 7 heteroatoms. The zero-order valence-electron chi connectivity index (χ0n) is 14.9. The van der Waals surface area contributed by atoms with Gasteiger partial charge in [0, 0.05) is 36.1 Å². The Hall–Kier alpha value is -2.80. The summed E-state index contributed by atoms with van der Waals surface area (Å²) >= 11 is 0. The molecule has 0 aliphatic heterocycles. The summed E-state index contributed by atoms with van der Waals surface area (Å²) in [4.78, 5) is 12.3. The maximum Gasteiger partial charge on any atom is 0.290 e. The molecule has 1 amide bonds. The van der Waals surface area contributed by atoms with Crippen LogP contribution in [0.25, 0.3) is 11.3 Å². The summed E-state index contributed by atoms with van der Waals surface area (Å²) in [6.45, 7) is 2.76. The molecule has 0 bridgehead atoms. The molecule has 1 aliphatic rings. The fraction of sp³-hybridized carbons (Fsp3) is 0.368. The van der Waals surface area contributed by atoms with Crippen molar-refractivity contribution in [2.24, 2.45) is 17.5 Å². The number of allylic oxidation sites excluding steroid dienone is 1. The van der Waals surface area contributed by atoms with Crippen LogP contribution in [0.2, 0.25) is 0 Å². The van der Waals surface area contributed by atoms with Crippen molar-refractivity contribution < 1.29 is 9.32 Å². The number of amides is 1. The molecule has 0 unspecified atom stereocenters. The third-order valence-electron chi connectivity index (χ3n) is 4.75. The van der Waals surface area contributed by atoms with E-state index in [-0.39, 0.29) is 17.7 Å². The summed E-state index contributed by atoms with van der Waals surface area (Å²) in [5.41, 5.74) is 8.06. The van der Waals surface area contributed by atoms with Gasteiger partial charge in [-0.05, 0) is 25.2 Å². The minimum atomic E-state index is -0.233. The molecule has 2 aromatic rings. The Morgan fingerprint density at radius 2 is 2.12 bits per heavy atom. The smallest absolute Gasteiger partial charge is 0.290 e. The van der Waals surface area contributed by atoms with Crippen LogP contribution in [-0.4, -0.2) is 28.7 Å². The van der Waals surface area contributed by atoms with Crippen molar-refractivity contribution in [3.63, 3.8) is 0 Å². The highest BCUT2D eigenvalue weighted by Crippen LogP contribution is 2.29. The number of carbonyl (C=O) groups excluding carboxylic acids is 1. The van der Waals surface area contributed by atoms with Gasteiger partial charge in [-0.2, -0.15) is 0 Å². The second-order valence-corrected chi connectivity index (χ2v) is 6.61. The molecular formula is C19H25N5O2. The number of nitrogens with zero attached hydrogens (tertiary/aromatic N) is 2. The fourth-order valence-electron chi connectivity index (χ4n) is 3.20. The second-order valence-electron chi connectivity index (χ2n) is 6.61. The van der Waals surface area contributed by atoms with E-state index in [1.165, 1.54) is 0 Å². The molecule has 138 valence electrons. The molecular weight excluding hydrogens is 330 g/mol. The summed E-state index contributed by atoms with van der Waals surface area (Å²) in [5.74, 6) is 6.46. The Morgan fingerprint density at radius 3 is 2.77 bits per heavy atom. The normalized spacial score (nSPS) is 19.7. The molecule has 1 aromatic heterocycles. The number of carbonyl (C=O) groups is 1. The van der Waals surface area contributed by atoms with E-state index < -0.39 is 0 Å². The van der Waals surface area contributed by atoms with Crippen molar-refractivity contribution in [1.29, 1.82) is 0 Å². The van der Waals surface area contributed by atoms with E-state index in [2.05, 4.69) is 10.5 Å². The van der Waals surface area contributed by atoms with E-state index in [1.807, 2.05) is 37.3 Å². The molecule has 1 aromatic carbocycles. The van der Waals surface area contributed by atoms with Gasteiger partial charge >= 0.3 is 0 Å². The fourth-order valence-corrected chi connectivity index (χ4v) is 3.20. The van der Waals surface area contributed by atoms with Crippen molar-refractivity contribution in [2.45, 2.75) is 32.2 Å². The molecule has 1 fully saturated rings. The maximum absolute atomic E-state index is 12.3. The van der Waals surface area contributed by atoms with Crippen LogP contribution in [0, 0.1) is 5.92 Å². The van der Waals surface area contributed by atoms with Crippen molar-refractivity contribution in [3.8, 4) is 11.3 Å². The quantitative estimate of drug-likeness (QED) is 0.519. The lowest BCUT2D eigenvalue weighted by molar-refractivity contribution is 0.0833. The lowest BCUT2D eigenvalue weighted by atomic mass is 9.80. The molecule has 1 aliphatic carbocycles. The number of hydrogen-bond acceptors (Lipinski definition) is 6. The number of aromatic nitrogens is 1. The van der Waals surface area contributed by atoms with Gasteiger partial charge in [-0.25, -0.2) is 5.84 Å². The van der Waals surface area contributed by atoms with E-state index in [1.54, 1.807) is 17.3 Å². The van der Waals surface area contributed by atoms with Crippen LogP contribution in [0.15, 0.2) is 52.8 Å². The number of nitrogens with one attached hydrogen (secondary N) is 1. The van der Waals surface area contributed by atoms with Gasteiger partial charge in [-0.1, -0.05) is 42.4 Å². The molecule has 5 N–H and O–H groups in total. The molecule has 0 radical (unpaired) electrons. The molecule has 7 nitrogen and oxygen atoms in total. The topological polar surface area (TPSA) is 110 Å². The van der Waals surface area contributed by atoms with Gasteiger partial charge in [0.05, 0.1) is 0 Å². The van der Waals surface area contributed by atoms with Crippen LogP contribution in [0.4, 0.5) is 0 Å². The standard InChI is InChI=1S/C19H25N5O2/c1-2-16(11-20)24(21)12-13-8-15(9-13)22-19(25)18-10-17(23-26-18)14-6-4-3-5-7-14/h3-7,10-11,13,15H,2,8-9,12,20-21H2,1H3,(H,22,25)/b16-11-. The summed E-state index contributed by atoms with van der Waals surface area (Å²) in [7, 11) is 0. The zero-order valence-corrected chi connectivity index (χ0v) is 14.9. The first-order valence-corrected chi connectivity index (χ1v) is 8.86. The van der Waals surface area contributed by atoms with E-state index in [4.69, 9.17) is 16.1 Å². The van der Waals surface area contributed by atoms with Gasteiger partial charge in [0.2, 0.25) is 5.76 Å². The molecule has 0 atom stereocenters. The van der Waals surface area contributed by atoms with Crippen LogP contribution < -0.4 is 16.9 Å². The van der Waals surface area contributed by atoms with E-state index in [9.17, 15) is 4.79 Å². The van der Waals surface area contributed by atoms with Gasteiger partial charge in [-0.3, -0.25) is 4.79 Å². The predicted molar refractivity (Wildman–Crippen MR) is 99.4 cm³/mol. The average molecular weight is 355 g/mol. The minimum absolute atomic E-state index is 0.137. The van der Waals surface area contributed by atoms with Crippen LogP contribution in [-0.2, 0) is 0 Å². The summed E-state index contributed by atoms with van der Waals surface area (Å²) in [5, 5.41) is 8.66. The first-order chi connectivity index (χ1) is 12.6. The summed E-state index contributed by atoms with van der Waals surface area (Å²) in [6.07, 6.45) is 4.13. The highest BCUT2D eigenvalue weighted by atomic mass is 16.5. The first kappa shape index (κ1) is 18.0. The summed E-state index contributed by atoms with van der Waals surface area (Å²) < 4.78 is 5.19. The Balaban J connectivity index is 1.48. The van der Waals surface area contributed by atoms with E-state index in [0.29, 0.717) is 11.6 Å². The number of hydrogen-bond donors (Lipinski definition) is 3. The number of rotatable bonds is 7. The van der Waals surface area contributed by atoms with Crippen LogP contribution in [0.1, 0.15) is 36.7 Å². The van der Waals surface area contributed by atoms with Crippen LogP contribution >= 0.6 is 0 Å². The third kappa shape index (κ3) is 4.05. The Labute approximate surface area is 153 Å². The maximum atomic E-state index is 12.3. The lowest BCUT2D eigenvalue weighted by Gasteiger charge is -2.38. The Bertz CT molecular complexity index is 765. The van der Waals surface area contributed by atoms with Crippen LogP contribution in [0.5, 0.6) is 0 Å². The highest BCUT2D eigenvalue weighted by Gasteiger charge is 2.32. The number of nitrogens with two attached hydrogens (primary N) is 2. The Kier molecular flexibility index (Phi) is 5.58. The first-order valence-electron chi connectivity index (χ1n) is 8.86. The number of hydrazine groups is 1. The van der Waals surface area contributed by atoms with Gasteiger partial charge < -0.3 is 20.6 Å². The van der Waals surface area contributed by atoms with Crippen molar-refractivity contribution >= 4 is 5.91 Å². The van der Waals surface area contributed by atoms with Crippen molar-refractivity contribution in [1.82, 2.24) is 15.5 Å². The largest absolute Gasteiger partial charge is 0.403 e. The molecule has 0 saturated heterocycles. The van der Waals surface area contributed by atoms with E-state index >= 15 is 0 Å². The zero-order chi connectivity index (χ0) is 18.5. The summed E-state index contributed by atoms with van der Waals surface area (Å²) in [6, 6.07) is 11.4. The van der Waals surface area contributed by atoms with Gasteiger partial charge in [0.1, 0.15) is 5.69 Å². The predicted octanol–water partition coefficient (Wildman–Crippen LogP) is 2.24. The van der Waals surface area contributed by atoms with Gasteiger partial charge in [-0.15, -0.1) is 0 Å². The lowest BCUT2D eigenvalue weighted by Crippen LogP contribution is -2.48. The average Bonchev–Trinajstić information content (AvgIpc) is 3.12. The van der Waals surface area contributed by atoms with Crippen LogP contribution in [0.3, 0.4) is 0 Å². The molecule has 0 spiro atoms. The molecule has 26 heavy (non-hydrogen) atoms. The number of benzene rings is 1. The van der Waals surface area contributed by atoms with Crippen molar-refractivity contribution in [2.75, 3.05) is 6.54 Å².